The van der Waals surface area contributed by atoms with E-state index in [2.05, 4.69) is 0 Å². The van der Waals surface area contributed by atoms with Crippen LogP contribution in [0.25, 0.3) is 0 Å². The van der Waals surface area contributed by atoms with Crippen LogP contribution in [0.5, 0.6) is 5.75 Å². The van der Waals surface area contributed by atoms with Gasteiger partial charge in [0.15, 0.2) is 5.78 Å². The monoisotopic (exact) mass is 222 g/mol. The van der Waals surface area contributed by atoms with E-state index in [0.717, 1.165) is 0 Å². The molecule has 0 fully saturated rings. The van der Waals surface area contributed by atoms with E-state index in [-0.39, 0.29) is 11.9 Å². The number of ketones is 1. The van der Waals surface area contributed by atoms with Gasteiger partial charge in [-0.25, -0.2) is 0 Å². The third kappa shape index (κ3) is 3.07. The van der Waals surface area contributed by atoms with Gasteiger partial charge in [-0.2, -0.15) is 0 Å². The van der Waals surface area contributed by atoms with Crippen LogP contribution in [0.4, 0.5) is 0 Å². The lowest BCUT2D eigenvalue weighted by Gasteiger charge is -2.14. The van der Waals surface area contributed by atoms with Crippen molar-refractivity contribution in [3.8, 4) is 5.75 Å². The molecule has 0 spiro atoms. The summed E-state index contributed by atoms with van der Waals surface area (Å²) in [6, 6.07) is 7.15. The molecule has 0 heterocycles. The van der Waals surface area contributed by atoms with E-state index in [1.165, 1.54) is 0 Å². The molecule has 0 aromatic heterocycles. The summed E-state index contributed by atoms with van der Waals surface area (Å²) < 4.78 is 10.5. The van der Waals surface area contributed by atoms with E-state index in [1.54, 1.807) is 19.2 Å². The molecule has 3 nitrogen and oxygen atoms in total. The van der Waals surface area contributed by atoms with Crippen LogP contribution in [-0.4, -0.2) is 25.6 Å². The van der Waals surface area contributed by atoms with Crippen LogP contribution in [0.15, 0.2) is 24.3 Å². The Labute approximate surface area is 96.4 Å². The molecule has 1 atom stereocenters. The smallest absolute Gasteiger partial charge is 0.191 e. The first-order chi connectivity index (χ1) is 7.72. The summed E-state index contributed by atoms with van der Waals surface area (Å²) in [4.78, 5) is 12.1. The Morgan fingerprint density at radius 1 is 1.38 bits per heavy atom. The van der Waals surface area contributed by atoms with Gasteiger partial charge in [0.05, 0.1) is 7.11 Å². The molecule has 1 unspecified atom stereocenters. The van der Waals surface area contributed by atoms with E-state index < -0.39 is 0 Å². The van der Waals surface area contributed by atoms with Crippen molar-refractivity contribution in [2.45, 2.75) is 26.4 Å². The van der Waals surface area contributed by atoms with E-state index in [0.29, 0.717) is 24.3 Å². The zero-order valence-corrected chi connectivity index (χ0v) is 10.0. The van der Waals surface area contributed by atoms with Crippen molar-refractivity contribution in [1.29, 1.82) is 0 Å². The summed E-state index contributed by atoms with van der Waals surface area (Å²) in [7, 11) is 1.59. The molecular weight excluding hydrogens is 204 g/mol. The number of hydrogen-bond donors (Lipinski definition) is 0. The quantitative estimate of drug-likeness (QED) is 0.694. The van der Waals surface area contributed by atoms with Crippen LogP contribution in [0.2, 0.25) is 0 Å². The van der Waals surface area contributed by atoms with E-state index in [1.807, 2.05) is 26.0 Å². The molecule has 0 saturated heterocycles. The Morgan fingerprint density at radius 3 is 2.69 bits per heavy atom. The minimum absolute atomic E-state index is 0.0169. The second kappa shape index (κ2) is 6.28. The van der Waals surface area contributed by atoms with Crippen LogP contribution in [0.3, 0.4) is 0 Å². The van der Waals surface area contributed by atoms with Gasteiger partial charge in [0.25, 0.3) is 0 Å². The predicted molar refractivity (Wildman–Crippen MR) is 63.0 cm³/mol. The number of ether oxygens (including phenoxy) is 2. The van der Waals surface area contributed by atoms with Gasteiger partial charge in [0, 0.05) is 12.2 Å². The van der Waals surface area contributed by atoms with Crippen LogP contribution in [-0.2, 0) is 4.74 Å². The normalized spacial score (nSPS) is 12.2. The molecule has 88 valence electrons. The average Bonchev–Trinajstić information content (AvgIpc) is 2.35. The van der Waals surface area contributed by atoms with Gasteiger partial charge >= 0.3 is 0 Å². The van der Waals surface area contributed by atoms with Crippen molar-refractivity contribution < 1.29 is 14.3 Å². The Balaban J connectivity index is 2.85. The van der Waals surface area contributed by atoms with Gasteiger partial charge in [-0.05, 0) is 25.5 Å². The number of carbonyl (C=O) groups excluding carboxylic acids is 1. The molecule has 0 N–H and O–H groups in total. The Morgan fingerprint density at radius 2 is 2.12 bits per heavy atom. The summed E-state index contributed by atoms with van der Waals surface area (Å²) >= 11 is 0. The zero-order chi connectivity index (χ0) is 12.0. The first-order valence-electron chi connectivity index (χ1n) is 5.52. The number of rotatable bonds is 6. The van der Waals surface area contributed by atoms with Crippen LogP contribution in [0, 0.1) is 0 Å². The molecule has 1 rings (SSSR count). The lowest BCUT2D eigenvalue weighted by Crippen LogP contribution is -2.23. The molecular formula is C13H18O3. The van der Waals surface area contributed by atoms with Gasteiger partial charge in [-0.3, -0.25) is 4.79 Å². The van der Waals surface area contributed by atoms with Gasteiger partial charge in [0.1, 0.15) is 11.9 Å². The molecule has 16 heavy (non-hydrogen) atoms. The van der Waals surface area contributed by atoms with Crippen LogP contribution >= 0.6 is 0 Å². The molecule has 3 heteroatoms. The predicted octanol–water partition coefficient (Wildman–Crippen LogP) is 2.69. The SMILES string of the molecule is CCOC(CC)C(=O)c1cccc(OC)c1. The fourth-order valence-corrected chi connectivity index (χ4v) is 1.54. The van der Waals surface area contributed by atoms with Crippen molar-refractivity contribution in [2.75, 3.05) is 13.7 Å². The van der Waals surface area contributed by atoms with Crippen molar-refractivity contribution >= 4 is 5.78 Å². The molecule has 0 radical (unpaired) electrons. The third-order valence-electron chi connectivity index (χ3n) is 2.39. The Bertz CT molecular complexity index is 347. The summed E-state index contributed by atoms with van der Waals surface area (Å²) in [6.45, 7) is 4.38. The number of hydrogen-bond acceptors (Lipinski definition) is 3. The topological polar surface area (TPSA) is 35.5 Å². The largest absolute Gasteiger partial charge is 0.497 e. The van der Waals surface area contributed by atoms with Gasteiger partial charge in [-0.1, -0.05) is 19.1 Å². The van der Waals surface area contributed by atoms with Crippen molar-refractivity contribution in [1.82, 2.24) is 0 Å². The number of Topliss-reactive ketones (excluding diaryl/α,β-unsaturated/α-hetero) is 1. The van der Waals surface area contributed by atoms with Crippen LogP contribution < -0.4 is 4.74 Å². The van der Waals surface area contributed by atoms with E-state index >= 15 is 0 Å². The first-order valence-corrected chi connectivity index (χ1v) is 5.52. The summed E-state index contributed by atoms with van der Waals surface area (Å²) in [5, 5.41) is 0. The van der Waals surface area contributed by atoms with Crippen molar-refractivity contribution in [3.05, 3.63) is 29.8 Å². The Kier molecular flexibility index (Phi) is 4.99. The fraction of sp³-hybridized carbons (Fsp3) is 0.462. The molecule has 0 saturated carbocycles. The maximum atomic E-state index is 12.1. The highest BCUT2D eigenvalue weighted by molar-refractivity contribution is 5.99. The number of benzene rings is 1. The molecule has 0 aliphatic carbocycles. The molecule has 1 aromatic carbocycles. The summed E-state index contributed by atoms with van der Waals surface area (Å²) in [5.74, 6) is 0.709. The average molecular weight is 222 g/mol. The number of methoxy groups -OCH3 is 1. The fourth-order valence-electron chi connectivity index (χ4n) is 1.54. The first kappa shape index (κ1) is 12.7. The number of carbonyl (C=O) groups is 1. The van der Waals surface area contributed by atoms with Crippen LogP contribution in [0.1, 0.15) is 30.6 Å². The molecule has 0 aliphatic rings. The maximum Gasteiger partial charge on any atom is 0.191 e. The zero-order valence-electron chi connectivity index (χ0n) is 10.0. The highest BCUT2D eigenvalue weighted by Crippen LogP contribution is 2.16. The minimum Gasteiger partial charge on any atom is -0.497 e. The summed E-state index contributed by atoms with van der Waals surface area (Å²) in [5.41, 5.74) is 0.639. The molecule has 1 aromatic rings. The lowest BCUT2D eigenvalue weighted by atomic mass is 10.0. The molecule has 0 bridgehead atoms. The highest BCUT2D eigenvalue weighted by Gasteiger charge is 2.18. The highest BCUT2D eigenvalue weighted by atomic mass is 16.5. The second-order valence-corrected chi connectivity index (χ2v) is 3.45. The maximum absolute atomic E-state index is 12.1. The molecule has 0 amide bonds. The van der Waals surface area contributed by atoms with E-state index in [9.17, 15) is 4.79 Å². The van der Waals surface area contributed by atoms with Gasteiger partial charge < -0.3 is 9.47 Å². The second-order valence-electron chi connectivity index (χ2n) is 3.45. The van der Waals surface area contributed by atoms with E-state index in [4.69, 9.17) is 9.47 Å². The minimum atomic E-state index is -0.350. The Hall–Kier alpha value is -1.35. The van der Waals surface area contributed by atoms with Gasteiger partial charge in [-0.15, -0.1) is 0 Å². The molecule has 0 aliphatic heterocycles. The van der Waals surface area contributed by atoms with Crippen molar-refractivity contribution in [2.24, 2.45) is 0 Å². The van der Waals surface area contributed by atoms with Gasteiger partial charge in [0.2, 0.25) is 0 Å². The standard InChI is InChI=1S/C13H18O3/c1-4-12(16-5-2)13(14)10-7-6-8-11(9-10)15-3/h6-9,12H,4-5H2,1-3H3. The third-order valence-corrected chi connectivity index (χ3v) is 2.39. The van der Waals surface area contributed by atoms with Crippen molar-refractivity contribution in [3.63, 3.8) is 0 Å². The summed E-state index contributed by atoms with van der Waals surface area (Å²) in [6.07, 6.45) is 0.335. The lowest BCUT2D eigenvalue weighted by molar-refractivity contribution is 0.0443.